The molecule has 2 atom stereocenters. The largest absolute Gasteiger partial charge is 0.465 e. The molecule has 1 fully saturated rings. The van der Waals surface area contributed by atoms with Crippen molar-refractivity contribution in [2.75, 3.05) is 7.11 Å². The van der Waals surface area contributed by atoms with Crippen LogP contribution in [0.1, 0.15) is 73.7 Å². The Bertz CT molecular complexity index is 937. The van der Waals surface area contributed by atoms with Crippen LogP contribution in [-0.2, 0) is 19.1 Å². The highest BCUT2D eigenvalue weighted by Crippen LogP contribution is 2.44. The van der Waals surface area contributed by atoms with Crippen molar-refractivity contribution < 1.29 is 23.9 Å². The predicted octanol–water partition coefficient (Wildman–Crippen LogP) is 4.17. The zero-order valence-electron chi connectivity index (χ0n) is 18.1. The molecule has 0 saturated heterocycles. The third kappa shape index (κ3) is 4.29. The number of carbonyl (C=O) groups is 3. The Hall–Kier alpha value is -2.89. The zero-order valence-corrected chi connectivity index (χ0v) is 18.1. The molecule has 3 aliphatic rings. The summed E-state index contributed by atoms with van der Waals surface area (Å²) in [5.41, 5.74) is 3.33. The minimum Gasteiger partial charge on any atom is -0.465 e. The zero-order chi connectivity index (χ0) is 22.0. The molecule has 1 aliphatic heterocycles. The number of rotatable bonds is 4. The molecule has 6 nitrogen and oxygen atoms in total. The van der Waals surface area contributed by atoms with E-state index in [1.165, 1.54) is 13.5 Å². The maximum Gasteiger partial charge on any atom is 0.337 e. The maximum atomic E-state index is 13.3. The Morgan fingerprint density at radius 2 is 1.71 bits per heavy atom. The van der Waals surface area contributed by atoms with E-state index in [1.807, 2.05) is 19.1 Å². The fourth-order valence-electron chi connectivity index (χ4n) is 4.99. The number of ketones is 1. The molecule has 1 saturated carbocycles. The van der Waals surface area contributed by atoms with E-state index >= 15 is 0 Å². The number of Topliss-reactive ketones (excluding diaryl/α,β-unsaturated/α-hetero) is 1. The summed E-state index contributed by atoms with van der Waals surface area (Å²) in [4.78, 5) is 38.2. The molecule has 2 unspecified atom stereocenters. The van der Waals surface area contributed by atoms with Gasteiger partial charge in [0.15, 0.2) is 0 Å². The van der Waals surface area contributed by atoms with Crippen LogP contribution in [0.15, 0.2) is 47.3 Å². The number of allylic oxidation sites excluding steroid dienone is 3. The second-order valence-electron chi connectivity index (χ2n) is 8.56. The second kappa shape index (κ2) is 9.08. The number of esters is 2. The third-order valence-corrected chi connectivity index (χ3v) is 6.55. The summed E-state index contributed by atoms with van der Waals surface area (Å²) in [6.07, 6.45) is 8.22. The van der Waals surface area contributed by atoms with Crippen LogP contribution in [0.25, 0.3) is 0 Å². The highest BCUT2D eigenvalue weighted by molar-refractivity contribution is 5.96. The minimum atomic E-state index is -0.449. The van der Waals surface area contributed by atoms with Crippen molar-refractivity contribution in [3.63, 3.8) is 0 Å². The van der Waals surface area contributed by atoms with Crippen molar-refractivity contribution in [1.82, 2.24) is 5.32 Å². The van der Waals surface area contributed by atoms with Crippen LogP contribution in [0.4, 0.5) is 0 Å². The number of nitrogens with one attached hydrogen (secondary N) is 1. The normalized spacial score (nSPS) is 24.1. The SMILES string of the molecule is COC(=O)c1ccc(C2C(C(=O)OC3CCCCC3)=C(C)NC3=CCCC(=O)C32)cc1. The molecule has 0 aromatic heterocycles. The number of hydrogen-bond acceptors (Lipinski definition) is 6. The molecule has 0 spiro atoms. The van der Waals surface area contributed by atoms with Crippen LogP contribution < -0.4 is 5.32 Å². The number of fused-ring (bicyclic) bond motifs is 1. The first-order valence-electron chi connectivity index (χ1n) is 11.1. The van der Waals surface area contributed by atoms with Crippen molar-refractivity contribution in [3.8, 4) is 0 Å². The Kier molecular flexibility index (Phi) is 6.25. The molecule has 0 bridgehead atoms. The molecule has 1 aromatic rings. The number of ether oxygens (including phenoxy) is 2. The topological polar surface area (TPSA) is 81.7 Å². The van der Waals surface area contributed by atoms with E-state index < -0.39 is 17.8 Å². The van der Waals surface area contributed by atoms with E-state index in [9.17, 15) is 14.4 Å². The molecule has 0 amide bonds. The van der Waals surface area contributed by atoms with Gasteiger partial charge in [0, 0.05) is 23.7 Å². The first-order chi connectivity index (χ1) is 15.0. The van der Waals surface area contributed by atoms with Crippen LogP contribution in [0.2, 0.25) is 0 Å². The Balaban J connectivity index is 1.72. The molecule has 0 radical (unpaired) electrons. The minimum absolute atomic E-state index is 0.0668. The average Bonchev–Trinajstić information content (AvgIpc) is 2.78. The smallest absolute Gasteiger partial charge is 0.337 e. The Morgan fingerprint density at radius 3 is 2.39 bits per heavy atom. The van der Waals surface area contributed by atoms with Gasteiger partial charge in [-0.15, -0.1) is 0 Å². The van der Waals surface area contributed by atoms with Crippen molar-refractivity contribution in [2.45, 2.75) is 63.9 Å². The van der Waals surface area contributed by atoms with Gasteiger partial charge >= 0.3 is 11.9 Å². The van der Waals surface area contributed by atoms with Crippen LogP contribution in [0.5, 0.6) is 0 Å². The number of benzene rings is 1. The molecule has 1 aromatic carbocycles. The summed E-state index contributed by atoms with van der Waals surface area (Å²) in [6.45, 7) is 1.86. The van der Waals surface area contributed by atoms with Gasteiger partial charge in [-0.1, -0.05) is 24.6 Å². The Morgan fingerprint density at radius 1 is 1.00 bits per heavy atom. The van der Waals surface area contributed by atoms with Gasteiger partial charge in [-0.3, -0.25) is 4.79 Å². The average molecular weight is 424 g/mol. The molecule has 2 aliphatic carbocycles. The van der Waals surface area contributed by atoms with Crippen molar-refractivity contribution in [3.05, 3.63) is 58.4 Å². The fourth-order valence-corrected chi connectivity index (χ4v) is 4.99. The third-order valence-electron chi connectivity index (χ3n) is 6.55. The summed E-state index contributed by atoms with van der Waals surface area (Å²) in [5, 5.41) is 3.30. The number of hydrogen-bond donors (Lipinski definition) is 1. The number of methoxy groups -OCH3 is 1. The van der Waals surface area contributed by atoms with Crippen molar-refractivity contribution in [1.29, 1.82) is 0 Å². The molecule has 164 valence electrons. The summed E-state index contributed by atoms with van der Waals surface area (Å²) in [5.74, 6) is -1.55. The maximum absolute atomic E-state index is 13.3. The van der Waals surface area contributed by atoms with Gasteiger partial charge in [0.1, 0.15) is 11.9 Å². The predicted molar refractivity (Wildman–Crippen MR) is 115 cm³/mol. The highest BCUT2D eigenvalue weighted by Gasteiger charge is 2.43. The molecule has 6 heteroatoms. The lowest BCUT2D eigenvalue weighted by atomic mass is 9.71. The first-order valence-corrected chi connectivity index (χ1v) is 11.1. The molecular formula is C25H29NO5. The van der Waals surface area contributed by atoms with Gasteiger partial charge in [0.25, 0.3) is 0 Å². The number of carbonyl (C=O) groups excluding carboxylic acids is 3. The van der Waals surface area contributed by atoms with Crippen LogP contribution in [-0.4, -0.2) is 30.9 Å². The summed E-state index contributed by atoms with van der Waals surface area (Å²) >= 11 is 0. The molecule has 1 heterocycles. The molecular weight excluding hydrogens is 394 g/mol. The first kappa shape index (κ1) is 21.3. The van der Waals surface area contributed by atoms with Crippen LogP contribution >= 0.6 is 0 Å². The standard InChI is InChI=1S/C25H29NO5/c1-15-21(25(29)31-18-7-4-3-5-8-18)22(23-19(26-15)9-6-10-20(23)27)16-11-13-17(14-12-16)24(28)30-2/h9,11-14,18,22-23,26H,3-8,10H2,1-2H3. The lowest BCUT2D eigenvalue weighted by molar-refractivity contribution is -0.146. The van der Waals surface area contributed by atoms with Crippen LogP contribution in [0.3, 0.4) is 0 Å². The lowest BCUT2D eigenvalue weighted by Crippen LogP contribution is -2.41. The van der Waals surface area contributed by atoms with Crippen molar-refractivity contribution >= 4 is 17.7 Å². The van der Waals surface area contributed by atoms with Gasteiger partial charge in [-0.2, -0.15) is 0 Å². The van der Waals surface area contributed by atoms with Crippen molar-refractivity contribution in [2.24, 2.45) is 5.92 Å². The van der Waals surface area contributed by atoms with Gasteiger partial charge in [-0.25, -0.2) is 9.59 Å². The van der Waals surface area contributed by atoms with E-state index in [-0.39, 0.29) is 17.9 Å². The van der Waals surface area contributed by atoms with E-state index in [4.69, 9.17) is 9.47 Å². The van der Waals surface area contributed by atoms with E-state index in [0.29, 0.717) is 24.0 Å². The van der Waals surface area contributed by atoms with Gasteiger partial charge in [0.05, 0.1) is 24.2 Å². The van der Waals surface area contributed by atoms with Gasteiger partial charge in [0.2, 0.25) is 0 Å². The van der Waals surface area contributed by atoms with Gasteiger partial charge in [-0.05, 0) is 56.7 Å². The summed E-state index contributed by atoms with van der Waals surface area (Å²) < 4.78 is 10.7. The summed E-state index contributed by atoms with van der Waals surface area (Å²) in [7, 11) is 1.34. The van der Waals surface area contributed by atoms with Crippen LogP contribution in [0, 0.1) is 5.92 Å². The van der Waals surface area contributed by atoms with Gasteiger partial charge < -0.3 is 14.8 Å². The lowest BCUT2D eigenvalue weighted by Gasteiger charge is -2.38. The van der Waals surface area contributed by atoms with E-state index in [0.717, 1.165) is 42.6 Å². The molecule has 1 N–H and O–H groups in total. The fraction of sp³-hybridized carbons (Fsp3) is 0.480. The Labute approximate surface area is 182 Å². The monoisotopic (exact) mass is 423 g/mol. The summed E-state index contributed by atoms with van der Waals surface area (Å²) in [6, 6.07) is 6.98. The highest BCUT2D eigenvalue weighted by atomic mass is 16.5. The molecule has 31 heavy (non-hydrogen) atoms. The van der Waals surface area contributed by atoms with E-state index in [1.54, 1.807) is 12.1 Å². The molecule has 4 rings (SSSR count). The quantitative estimate of drug-likeness (QED) is 0.732. The van der Waals surface area contributed by atoms with E-state index in [2.05, 4.69) is 11.4 Å². The second-order valence-corrected chi connectivity index (χ2v) is 8.56.